The number of nitrogens with one attached hydrogen (secondary N) is 1. The summed E-state index contributed by atoms with van der Waals surface area (Å²) in [5.74, 6) is 0.182. The van der Waals surface area contributed by atoms with Crippen molar-refractivity contribution in [2.45, 2.75) is 13.0 Å². The van der Waals surface area contributed by atoms with Crippen molar-refractivity contribution in [1.29, 1.82) is 5.26 Å². The summed E-state index contributed by atoms with van der Waals surface area (Å²) in [6, 6.07) is 14.8. The molecule has 3 nitrogen and oxygen atoms in total. The van der Waals surface area contributed by atoms with Crippen LogP contribution in [0.4, 0.5) is 5.69 Å². The number of nitriles is 1. The molecule has 0 atom stereocenters. The van der Waals surface area contributed by atoms with Crippen molar-refractivity contribution in [2.24, 2.45) is 0 Å². The summed E-state index contributed by atoms with van der Waals surface area (Å²) >= 11 is 6.03. The molecular formula is C15H13ClN2O. The molecule has 0 saturated carbocycles. The standard InChI is InChI=1S/C15H13ClN2O/c16-14-2-1-3-15(19)13(14)10-18-12-6-4-11(5-7-12)8-9-17/h1-7,18-19H,8,10H2. The summed E-state index contributed by atoms with van der Waals surface area (Å²) in [4.78, 5) is 0. The van der Waals surface area contributed by atoms with Gasteiger partial charge in [-0.3, -0.25) is 0 Å². The van der Waals surface area contributed by atoms with Gasteiger partial charge in [-0.05, 0) is 29.8 Å². The molecule has 0 aliphatic heterocycles. The van der Waals surface area contributed by atoms with Gasteiger partial charge in [0.15, 0.2) is 0 Å². The summed E-state index contributed by atoms with van der Waals surface area (Å²) < 4.78 is 0. The summed E-state index contributed by atoms with van der Waals surface area (Å²) in [5, 5.41) is 22.0. The molecule has 0 aromatic heterocycles. The smallest absolute Gasteiger partial charge is 0.122 e. The van der Waals surface area contributed by atoms with E-state index >= 15 is 0 Å². The van der Waals surface area contributed by atoms with Crippen LogP contribution in [-0.2, 0) is 13.0 Å². The topological polar surface area (TPSA) is 56.0 Å². The lowest BCUT2D eigenvalue weighted by Crippen LogP contribution is -2.00. The largest absolute Gasteiger partial charge is 0.508 e. The molecule has 0 saturated heterocycles. The van der Waals surface area contributed by atoms with E-state index in [-0.39, 0.29) is 5.75 Å². The molecule has 0 heterocycles. The highest BCUT2D eigenvalue weighted by atomic mass is 35.5. The normalized spacial score (nSPS) is 9.89. The second-order valence-corrected chi connectivity index (χ2v) is 4.53. The molecule has 2 aromatic rings. The zero-order valence-corrected chi connectivity index (χ0v) is 11.0. The molecule has 96 valence electrons. The van der Waals surface area contributed by atoms with Gasteiger partial charge in [-0.25, -0.2) is 0 Å². The number of anilines is 1. The highest BCUT2D eigenvalue weighted by Crippen LogP contribution is 2.26. The molecule has 0 amide bonds. The first kappa shape index (κ1) is 13.3. The Labute approximate surface area is 117 Å². The molecule has 0 unspecified atom stereocenters. The lowest BCUT2D eigenvalue weighted by molar-refractivity contribution is 0.469. The van der Waals surface area contributed by atoms with Crippen molar-refractivity contribution >= 4 is 17.3 Å². The summed E-state index contributed by atoms with van der Waals surface area (Å²) in [6.07, 6.45) is 0.408. The Kier molecular flexibility index (Phi) is 4.27. The highest BCUT2D eigenvalue weighted by molar-refractivity contribution is 6.31. The number of nitrogens with zero attached hydrogens (tertiary/aromatic N) is 1. The first-order chi connectivity index (χ1) is 9.20. The van der Waals surface area contributed by atoms with Crippen LogP contribution in [0.15, 0.2) is 42.5 Å². The Bertz CT molecular complexity index is 582. The fourth-order valence-electron chi connectivity index (χ4n) is 1.74. The molecule has 0 spiro atoms. The van der Waals surface area contributed by atoms with Gasteiger partial charge in [0, 0.05) is 22.8 Å². The van der Waals surface area contributed by atoms with Crippen LogP contribution in [0, 0.1) is 11.3 Å². The Morgan fingerprint density at radius 1 is 1.16 bits per heavy atom. The highest BCUT2D eigenvalue weighted by Gasteiger charge is 2.05. The van der Waals surface area contributed by atoms with Crippen molar-refractivity contribution < 1.29 is 5.11 Å². The molecule has 4 heteroatoms. The lowest BCUT2D eigenvalue weighted by atomic mass is 10.1. The van der Waals surface area contributed by atoms with Gasteiger partial charge in [0.25, 0.3) is 0 Å². The molecule has 0 fully saturated rings. The minimum atomic E-state index is 0.182. The van der Waals surface area contributed by atoms with Gasteiger partial charge >= 0.3 is 0 Å². The van der Waals surface area contributed by atoms with E-state index < -0.39 is 0 Å². The molecule has 0 aliphatic carbocycles. The van der Waals surface area contributed by atoms with Crippen molar-refractivity contribution in [3.8, 4) is 11.8 Å². The van der Waals surface area contributed by atoms with Gasteiger partial charge in [-0.15, -0.1) is 0 Å². The van der Waals surface area contributed by atoms with Crippen LogP contribution in [0.1, 0.15) is 11.1 Å². The van der Waals surface area contributed by atoms with E-state index in [1.807, 2.05) is 24.3 Å². The average molecular weight is 273 g/mol. The number of halogens is 1. The third-order valence-electron chi connectivity index (χ3n) is 2.80. The van der Waals surface area contributed by atoms with Crippen LogP contribution in [0.2, 0.25) is 5.02 Å². The molecule has 0 radical (unpaired) electrons. The minimum Gasteiger partial charge on any atom is -0.508 e. The van der Waals surface area contributed by atoms with E-state index in [1.165, 1.54) is 0 Å². The Morgan fingerprint density at radius 3 is 2.53 bits per heavy atom. The van der Waals surface area contributed by atoms with Gasteiger partial charge in [-0.2, -0.15) is 5.26 Å². The van der Waals surface area contributed by atoms with Crippen LogP contribution in [0.5, 0.6) is 5.75 Å². The van der Waals surface area contributed by atoms with Crippen molar-refractivity contribution in [3.63, 3.8) is 0 Å². The third-order valence-corrected chi connectivity index (χ3v) is 3.15. The van der Waals surface area contributed by atoms with Crippen LogP contribution in [-0.4, -0.2) is 5.11 Å². The average Bonchev–Trinajstić information content (AvgIpc) is 2.40. The van der Waals surface area contributed by atoms with E-state index in [0.717, 1.165) is 11.3 Å². The third kappa shape index (κ3) is 3.40. The second kappa shape index (κ2) is 6.12. The van der Waals surface area contributed by atoms with E-state index in [1.54, 1.807) is 18.2 Å². The molecular weight excluding hydrogens is 260 g/mol. The number of phenolic OH excluding ortho intramolecular Hbond substituents is 1. The van der Waals surface area contributed by atoms with Gasteiger partial charge in [0.1, 0.15) is 5.75 Å². The van der Waals surface area contributed by atoms with Crippen LogP contribution in [0.3, 0.4) is 0 Å². The van der Waals surface area contributed by atoms with Crippen molar-refractivity contribution in [1.82, 2.24) is 0 Å². The van der Waals surface area contributed by atoms with Crippen molar-refractivity contribution in [2.75, 3.05) is 5.32 Å². The lowest BCUT2D eigenvalue weighted by Gasteiger charge is -2.10. The number of rotatable bonds is 4. The minimum absolute atomic E-state index is 0.182. The van der Waals surface area contributed by atoms with Gasteiger partial charge in [-0.1, -0.05) is 29.8 Å². The van der Waals surface area contributed by atoms with Gasteiger partial charge in [0.05, 0.1) is 12.5 Å². The molecule has 2 N–H and O–H groups in total. The first-order valence-corrected chi connectivity index (χ1v) is 6.24. The molecule has 2 rings (SSSR count). The predicted molar refractivity (Wildman–Crippen MR) is 76.2 cm³/mol. The maximum absolute atomic E-state index is 9.72. The van der Waals surface area contributed by atoms with E-state index in [9.17, 15) is 5.11 Å². The number of phenols is 1. The molecule has 0 bridgehead atoms. The quantitative estimate of drug-likeness (QED) is 0.892. The Morgan fingerprint density at radius 2 is 1.89 bits per heavy atom. The Hall–Kier alpha value is -2.18. The predicted octanol–water partition coefficient (Wildman–Crippen LogP) is 3.72. The fourth-order valence-corrected chi connectivity index (χ4v) is 1.98. The van der Waals surface area contributed by atoms with Crippen molar-refractivity contribution in [3.05, 3.63) is 58.6 Å². The number of hydrogen-bond donors (Lipinski definition) is 2. The zero-order chi connectivity index (χ0) is 13.7. The monoisotopic (exact) mass is 272 g/mol. The van der Waals surface area contributed by atoms with Gasteiger partial charge in [0.2, 0.25) is 0 Å². The zero-order valence-electron chi connectivity index (χ0n) is 10.2. The molecule has 2 aromatic carbocycles. The molecule has 0 aliphatic rings. The van der Waals surface area contributed by atoms with E-state index in [4.69, 9.17) is 16.9 Å². The SMILES string of the molecule is N#CCc1ccc(NCc2c(O)cccc2Cl)cc1. The number of hydrogen-bond acceptors (Lipinski definition) is 3. The summed E-state index contributed by atoms with van der Waals surface area (Å²) in [7, 11) is 0. The second-order valence-electron chi connectivity index (χ2n) is 4.12. The fraction of sp³-hybridized carbons (Fsp3) is 0.133. The maximum atomic E-state index is 9.72. The maximum Gasteiger partial charge on any atom is 0.122 e. The number of aromatic hydroxyl groups is 1. The van der Waals surface area contributed by atoms with Crippen LogP contribution >= 0.6 is 11.6 Å². The Balaban J connectivity index is 2.04. The molecule has 19 heavy (non-hydrogen) atoms. The van der Waals surface area contributed by atoms with Crippen LogP contribution in [0.25, 0.3) is 0 Å². The summed E-state index contributed by atoms with van der Waals surface area (Å²) in [6.45, 7) is 0.448. The number of benzene rings is 2. The van der Waals surface area contributed by atoms with E-state index in [0.29, 0.717) is 23.6 Å². The van der Waals surface area contributed by atoms with Crippen LogP contribution < -0.4 is 5.32 Å². The first-order valence-electron chi connectivity index (χ1n) is 5.87. The summed E-state index contributed by atoms with van der Waals surface area (Å²) in [5.41, 5.74) is 2.57. The van der Waals surface area contributed by atoms with E-state index in [2.05, 4.69) is 11.4 Å². The van der Waals surface area contributed by atoms with Gasteiger partial charge < -0.3 is 10.4 Å².